The Morgan fingerprint density at radius 1 is 1.22 bits per heavy atom. The van der Waals surface area contributed by atoms with Crippen molar-refractivity contribution in [2.24, 2.45) is 5.92 Å². The minimum absolute atomic E-state index is 0.107. The van der Waals surface area contributed by atoms with Gasteiger partial charge in [0.25, 0.3) is 5.56 Å². The highest BCUT2D eigenvalue weighted by Gasteiger charge is 2.23. The highest BCUT2D eigenvalue weighted by atomic mass is 16.1. The van der Waals surface area contributed by atoms with Crippen LogP contribution < -0.4 is 5.56 Å². The molecule has 23 heavy (non-hydrogen) atoms. The summed E-state index contributed by atoms with van der Waals surface area (Å²) in [5.74, 6) is 0.707. The van der Waals surface area contributed by atoms with Crippen LogP contribution in [0.5, 0.6) is 0 Å². The number of aromatic amines is 2. The summed E-state index contributed by atoms with van der Waals surface area (Å²) in [7, 11) is 0. The van der Waals surface area contributed by atoms with Gasteiger partial charge in [0.15, 0.2) is 0 Å². The van der Waals surface area contributed by atoms with Gasteiger partial charge in [0.2, 0.25) is 0 Å². The third kappa shape index (κ3) is 2.92. The first kappa shape index (κ1) is 14.2. The number of hydrogen-bond acceptors (Lipinski definition) is 3. The van der Waals surface area contributed by atoms with Crippen molar-refractivity contribution in [3.05, 3.63) is 64.3 Å². The molecule has 0 aliphatic carbocycles. The van der Waals surface area contributed by atoms with Gasteiger partial charge in [0, 0.05) is 24.8 Å². The number of benzene rings is 1. The topological polar surface area (TPSA) is 64.8 Å². The van der Waals surface area contributed by atoms with Crippen molar-refractivity contribution in [2.75, 3.05) is 13.1 Å². The molecule has 1 atom stereocenters. The maximum absolute atomic E-state index is 11.7. The van der Waals surface area contributed by atoms with Crippen LogP contribution in [-0.2, 0) is 13.0 Å². The van der Waals surface area contributed by atoms with E-state index in [1.807, 2.05) is 6.20 Å². The predicted octanol–water partition coefficient (Wildman–Crippen LogP) is 2.32. The van der Waals surface area contributed by atoms with E-state index in [2.05, 4.69) is 50.2 Å². The minimum Gasteiger partial charge on any atom is -0.355 e. The van der Waals surface area contributed by atoms with Crippen LogP contribution in [0.25, 0.3) is 11.0 Å². The van der Waals surface area contributed by atoms with Crippen LogP contribution in [0.15, 0.2) is 47.7 Å². The lowest BCUT2D eigenvalue weighted by Gasteiger charge is -2.15. The van der Waals surface area contributed by atoms with Crippen molar-refractivity contribution in [1.29, 1.82) is 0 Å². The van der Waals surface area contributed by atoms with E-state index in [0.29, 0.717) is 11.4 Å². The molecule has 4 rings (SSSR count). The summed E-state index contributed by atoms with van der Waals surface area (Å²) in [5.41, 5.74) is 3.78. The lowest BCUT2D eigenvalue weighted by atomic mass is 9.99. The smallest absolute Gasteiger partial charge is 0.275 e. The number of hydrogen-bond donors (Lipinski definition) is 2. The molecule has 0 spiro atoms. The Bertz CT molecular complexity index is 852. The van der Waals surface area contributed by atoms with E-state index < -0.39 is 0 Å². The van der Waals surface area contributed by atoms with Crippen LogP contribution >= 0.6 is 0 Å². The van der Waals surface area contributed by atoms with Gasteiger partial charge in [-0.15, -0.1) is 0 Å². The van der Waals surface area contributed by atoms with Crippen molar-refractivity contribution in [1.82, 2.24) is 19.9 Å². The molecule has 1 aliphatic heterocycles. The lowest BCUT2D eigenvalue weighted by molar-refractivity contribution is 0.317. The summed E-state index contributed by atoms with van der Waals surface area (Å²) >= 11 is 0. The van der Waals surface area contributed by atoms with E-state index in [1.165, 1.54) is 18.3 Å². The average Bonchev–Trinajstić information content (AvgIpc) is 3.17. The van der Waals surface area contributed by atoms with Crippen LogP contribution in [0, 0.1) is 5.92 Å². The first-order chi connectivity index (χ1) is 11.3. The van der Waals surface area contributed by atoms with Gasteiger partial charge >= 0.3 is 0 Å². The first-order valence-electron chi connectivity index (χ1n) is 8.09. The van der Waals surface area contributed by atoms with Crippen molar-refractivity contribution in [3.8, 4) is 0 Å². The highest BCUT2D eigenvalue weighted by molar-refractivity contribution is 5.77. The quantitative estimate of drug-likeness (QED) is 0.777. The van der Waals surface area contributed by atoms with E-state index in [1.54, 1.807) is 0 Å². The molecule has 118 valence electrons. The van der Waals surface area contributed by atoms with Crippen molar-refractivity contribution in [3.63, 3.8) is 0 Å². The third-order valence-electron chi connectivity index (χ3n) is 4.68. The van der Waals surface area contributed by atoms with Crippen LogP contribution in [0.2, 0.25) is 0 Å². The number of fused-ring (bicyclic) bond motifs is 1. The van der Waals surface area contributed by atoms with Gasteiger partial charge in [-0.2, -0.15) is 0 Å². The summed E-state index contributed by atoms with van der Waals surface area (Å²) in [6, 6.07) is 10.7. The molecule has 5 heteroatoms. The van der Waals surface area contributed by atoms with E-state index in [4.69, 9.17) is 0 Å². The lowest BCUT2D eigenvalue weighted by Crippen LogP contribution is -2.20. The van der Waals surface area contributed by atoms with E-state index in [-0.39, 0.29) is 5.56 Å². The number of nitrogens with one attached hydrogen (secondary N) is 2. The summed E-state index contributed by atoms with van der Waals surface area (Å²) in [4.78, 5) is 24.2. The summed E-state index contributed by atoms with van der Waals surface area (Å²) < 4.78 is 0. The van der Waals surface area contributed by atoms with Crippen LogP contribution in [0.3, 0.4) is 0 Å². The van der Waals surface area contributed by atoms with Crippen molar-refractivity contribution in [2.45, 2.75) is 19.4 Å². The highest BCUT2D eigenvalue weighted by Crippen LogP contribution is 2.23. The molecule has 1 unspecified atom stereocenters. The molecule has 5 nitrogen and oxygen atoms in total. The van der Waals surface area contributed by atoms with Crippen molar-refractivity contribution >= 4 is 11.0 Å². The van der Waals surface area contributed by atoms with Gasteiger partial charge in [-0.3, -0.25) is 9.69 Å². The van der Waals surface area contributed by atoms with Gasteiger partial charge in [0.1, 0.15) is 5.52 Å². The SMILES string of the molecule is O=c1[nH]cnc2c(CN3CCC(Cc4ccccc4)C3)c[nH]c12. The molecule has 0 radical (unpaired) electrons. The number of nitrogens with zero attached hydrogens (tertiary/aromatic N) is 2. The van der Waals surface area contributed by atoms with Crippen LogP contribution in [-0.4, -0.2) is 32.9 Å². The summed E-state index contributed by atoms with van der Waals surface area (Å²) in [6.45, 7) is 3.06. The van der Waals surface area contributed by atoms with Crippen molar-refractivity contribution < 1.29 is 0 Å². The second-order valence-corrected chi connectivity index (χ2v) is 6.35. The molecule has 0 bridgehead atoms. The van der Waals surface area contributed by atoms with Crippen LogP contribution in [0.1, 0.15) is 17.5 Å². The minimum atomic E-state index is -0.107. The predicted molar refractivity (Wildman–Crippen MR) is 90.2 cm³/mol. The second kappa shape index (κ2) is 6.01. The molecule has 1 aromatic carbocycles. The number of rotatable bonds is 4. The normalized spacial score (nSPS) is 18.7. The molecule has 2 aromatic heterocycles. The Labute approximate surface area is 134 Å². The average molecular weight is 308 g/mol. The fourth-order valence-electron chi connectivity index (χ4n) is 3.54. The summed E-state index contributed by atoms with van der Waals surface area (Å²) in [6.07, 6.45) is 5.76. The largest absolute Gasteiger partial charge is 0.355 e. The zero-order valence-electron chi connectivity index (χ0n) is 13.0. The molecule has 2 N–H and O–H groups in total. The maximum Gasteiger partial charge on any atom is 0.275 e. The molecule has 0 amide bonds. The van der Waals surface area contributed by atoms with Gasteiger partial charge in [-0.05, 0) is 30.9 Å². The molecule has 1 aliphatic rings. The molecule has 1 fully saturated rings. The van der Waals surface area contributed by atoms with Gasteiger partial charge < -0.3 is 9.97 Å². The van der Waals surface area contributed by atoms with E-state index >= 15 is 0 Å². The maximum atomic E-state index is 11.7. The molecular weight excluding hydrogens is 288 g/mol. The fraction of sp³-hybridized carbons (Fsp3) is 0.333. The Hall–Kier alpha value is -2.40. The number of H-pyrrole nitrogens is 2. The van der Waals surface area contributed by atoms with E-state index in [0.717, 1.165) is 37.1 Å². The monoisotopic (exact) mass is 308 g/mol. The van der Waals surface area contributed by atoms with Gasteiger partial charge in [-0.1, -0.05) is 30.3 Å². The van der Waals surface area contributed by atoms with Gasteiger partial charge in [0.05, 0.1) is 11.8 Å². The van der Waals surface area contributed by atoms with Gasteiger partial charge in [-0.25, -0.2) is 4.98 Å². The Morgan fingerprint density at radius 3 is 2.96 bits per heavy atom. The molecule has 1 saturated heterocycles. The first-order valence-corrected chi connectivity index (χ1v) is 8.09. The number of likely N-dealkylation sites (tertiary alicyclic amines) is 1. The Morgan fingerprint density at radius 2 is 2.09 bits per heavy atom. The fourth-order valence-corrected chi connectivity index (χ4v) is 3.54. The Balaban J connectivity index is 1.44. The zero-order valence-corrected chi connectivity index (χ0v) is 13.0. The second-order valence-electron chi connectivity index (χ2n) is 6.35. The number of aromatic nitrogens is 3. The molecule has 0 saturated carbocycles. The van der Waals surface area contributed by atoms with E-state index in [9.17, 15) is 4.79 Å². The standard InChI is InChI=1S/C18H20N4O/c23-18-17-16(20-12-21-18)15(9-19-17)11-22-7-6-14(10-22)8-13-4-2-1-3-5-13/h1-5,9,12,14,19H,6-8,10-11H2,(H,20,21,23). The molecular formula is C18H20N4O. The molecule has 3 heterocycles. The van der Waals surface area contributed by atoms with Crippen LogP contribution in [0.4, 0.5) is 0 Å². The summed E-state index contributed by atoms with van der Waals surface area (Å²) in [5, 5.41) is 0. The molecule has 3 aromatic rings. The Kier molecular flexibility index (Phi) is 3.71. The zero-order chi connectivity index (χ0) is 15.6. The third-order valence-corrected chi connectivity index (χ3v) is 4.68.